The second kappa shape index (κ2) is 7.19. The second-order valence-electron chi connectivity index (χ2n) is 3.29. The molecule has 15 heavy (non-hydrogen) atoms. The number of amides is 2. The molecule has 0 aromatic heterocycles. The highest BCUT2D eigenvalue weighted by Gasteiger charge is 2.15. The van der Waals surface area contributed by atoms with E-state index in [1.807, 2.05) is 0 Å². The number of hydrogen-bond acceptors (Lipinski definition) is 4. The van der Waals surface area contributed by atoms with Crippen LogP contribution in [-0.4, -0.2) is 57.1 Å². The van der Waals surface area contributed by atoms with Gasteiger partial charge in [-0.3, -0.25) is 9.59 Å². The molecule has 0 aliphatic rings. The van der Waals surface area contributed by atoms with Crippen molar-refractivity contribution in [2.45, 2.75) is 12.5 Å². The molecular weight excluding hydrogens is 198 g/mol. The zero-order valence-electron chi connectivity index (χ0n) is 9.45. The van der Waals surface area contributed by atoms with Crippen LogP contribution in [0.4, 0.5) is 0 Å². The number of carbonyl (C=O) groups is 2. The molecule has 0 aliphatic carbocycles. The van der Waals surface area contributed by atoms with E-state index < -0.39 is 6.10 Å². The first-order valence-corrected chi connectivity index (χ1v) is 4.73. The van der Waals surface area contributed by atoms with Crippen LogP contribution in [0.25, 0.3) is 0 Å². The van der Waals surface area contributed by atoms with E-state index in [0.29, 0.717) is 6.54 Å². The van der Waals surface area contributed by atoms with Crippen LogP contribution in [0.15, 0.2) is 0 Å². The van der Waals surface area contributed by atoms with Crippen molar-refractivity contribution in [3.8, 4) is 0 Å². The summed E-state index contributed by atoms with van der Waals surface area (Å²) in [6.07, 6.45) is -0.362. The van der Waals surface area contributed by atoms with E-state index >= 15 is 0 Å². The van der Waals surface area contributed by atoms with Crippen LogP contribution in [0.5, 0.6) is 0 Å². The minimum absolute atomic E-state index is 0.0305. The number of nitrogens with one attached hydrogen (secondary N) is 1. The molecule has 0 heterocycles. The highest BCUT2D eigenvalue weighted by Crippen LogP contribution is 1.89. The lowest BCUT2D eigenvalue weighted by Gasteiger charge is -2.14. The van der Waals surface area contributed by atoms with Gasteiger partial charge >= 0.3 is 0 Å². The summed E-state index contributed by atoms with van der Waals surface area (Å²) in [5, 5.41) is 2.58. The Bertz CT molecular complexity index is 215. The van der Waals surface area contributed by atoms with Crippen molar-refractivity contribution in [1.29, 1.82) is 0 Å². The van der Waals surface area contributed by atoms with Gasteiger partial charge in [-0.15, -0.1) is 0 Å². The smallest absolute Gasteiger partial charge is 0.250 e. The van der Waals surface area contributed by atoms with Crippen LogP contribution in [-0.2, 0) is 14.3 Å². The van der Waals surface area contributed by atoms with Gasteiger partial charge in [-0.1, -0.05) is 0 Å². The van der Waals surface area contributed by atoms with Crippen LogP contribution < -0.4 is 11.1 Å². The molecule has 0 aliphatic heterocycles. The molecule has 0 saturated heterocycles. The summed E-state index contributed by atoms with van der Waals surface area (Å²) in [5.41, 5.74) is 5.30. The standard InChI is InChI=1S/C9H19N3O3/c1-12(2)8(13)4-5-11-9(14)7(6-10)15-3/h7H,4-6,10H2,1-3H3,(H,11,14). The largest absolute Gasteiger partial charge is 0.370 e. The molecule has 0 radical (unpaired) electrons. The number of ether oxygens (including phenoxy) is 1. The molecule has 6 nitrogen and oxygen atoms in total. The number of hydrogen-bond donors (Lipinski definition) is 2. The van der Waals surface area contributed by atoms with Gasteiger partial charge in [-0.2, -0.15) is 0 Å². The lowest BCUT2D eigenvalue weighted by atomic mass is 10.3. The Labute approximate surface area is 89.7 Å². The highest BCUT2D eigenvalue weighted by molar-refractivity contribution is 5.82. The average Bonchev–Trinajstić information content (AvgIpc) is 2.19. The van der Waals surface area contributed by atoms with Crippen LogP contribution in [0, 0.1) is 0 Å². The molecule has 0 saturated carbocycles. The zero-order valence-corrected chi connectivity index (χ0v) is 9.45. The Hall–Kier alpha value is -1.14. The fraction of sp³-hybridized carbons (Fsp3) is 0.778. The summed E-state index contributed by atoms with van der Waals surface area (Å²) in [7, 11) is 4.76. The minimum Gasteiger partial charge on any atom is -0.370 e. The van der Waals surface area contributed by atoms with E-state index in [4.69, 9.17) is 10.5 Å². The predicted octanol–water partition coefficient (Wildman–Crippen LogP) is -1.45. The predicted molar refractivity (Wildman–Crippen MR) is 56.2 cm³/mol. The summed E-state index contributed by atoms with van der Waals surface area (Å²) in [5.74, 6) is -0.316. The van der Waals surface area contributed by atoms with E-state index in [0.717, 1.165) is 0 Å². The molecule has 88 valence electrons. The number of carbonyl (C=O) groups excluding carboxylic acids is 2. The molecule has 0 bridgehead atoms. The van der Waals surface area contributed by atoms with Gasteiger partial charge in [0.2, 0.25) is 11.8 Å². The van der Waals surface area contributed by atoms with Gasteiger partial charge in [-0.25, -0.2) is 0 Å². The quantitative estimate of drug-likeness (QED) is 0.570. The van der Waals surface area contributed by atoms with Crippen LogP contribution in [0.2, 0.25) is 0 Å². The Morgan fingerprint density at radius 2 is 2.07 bits per heavy atom. The van der Waals surface area contributed by atoms with Gasteiger partial charge in [0, 0.05) is 40.7 Å². The maximum atomic E-state index is 11.3. The topological polar surface area (TPSA) is 84.7 Å². The van der Waals surface area contributed by atoms with Crippen molar-refractivity contribution in [3.05, 3.63) is 0 Å². The third kappa shape index (κ3) is 5.34. The molecule has 1 atom stereocenters. The van der Waals surface area contributed by atoms with Gasteiger partial charge < -0.3 is 20.7 Å². The molecule has 0 aromatic rings. The molecule has 0 aromatic carbocycles. The molecule has 0 rings (SSSR count). The maximum absolute atomic E-state index is 11.3. The minimum atomic E-state index is -0.639. The monoisotopic (exact) mass is 217 g/mol. The van der Waals surface area contributed by atoms with Crippen molar-refractivity contribution >= 4 is 11.8 Å². The first kappa shape index (κ1) is 13.9. The number of nitrogens with zero attached hydrogens (tertiary/aromatic N) is 1. The SMILES string of the molecule is COC(CN)C(=O)NCCC(=O)N(C)C. The van der Waals surface area contributed by atoms with Gasteiger partial charge in [0.25, 0.3) is 0 Å². The van der Waals surface area contributed by atoms with Crippen molar-refractivity contribution in [2.24, 2.45) is 5.73 Å². The maximum Gasteiger partial charge on any atom is 0.250 e. The Morgan fingerprint density at radius 3 is 2.47 bits per heavy atom. The van der Waals surface area contributed by atoms with Gasteiger partial charge in [0.15, 0.2) is 0 Å². The normalized spacial score (nSPS) is 12.0. The van der Waals surface area contributed by atoms with Gasteiger partial charge in [0.05, 0.1) is 0 Å². The van der Waals surface area contributed by atoms with E-state index in [-0.39, 0.29) is 24.8 Å². The van der Waals surface area contributed by atoms with E-state index in [9.17, 15) is 9.59 Å². The summed E-state index contributed by atoms with van der Waals surface area (Å²) in [6, 6.07) is 0. The molecule has 0 fully saturated rings. The Balaban J connectivity index is 3.76. The molecular formula is C9H19N3O3. The van der Waals surface area contributed by atoms with E-state index in [2.05, 4.69) is 5.32 Å². The van der Waals surface area contributed by atoms with Gasteiger partial charge in [-0.05, 0) is 0 Å². The average molecular weight is 217 g/mol. The Kier molecular flexibility index (Phi) is 6.64. The molecule has 3 N–H and O–H groups in total. The van der Waals surface area contributed by atoms with E-state index in [1.54, 1.807) is 14.1 Å². The first-order chi connectivity index (χ1) is 7.02. The lowest BCUT2D eigenvalue weighted by Crippen LogP contribution is -2.41. The molecule has 2 amide bonds. The summed E-state index contributed by atoms with van der Waals surface area (Å²) < 4.78 is 4.83. The zero-order chi connectivity index (χ0) is 11.8. The van der Waals surface area contributed by atoms with Crippen LogP contribution in [0.3, 0.4) is 0 Å². The number of nitrogens with two attached hydrogens (primary N) is 1. The third-order valence-electron chi connectivity index (χ3n) is 1.93. The summed E-state index contributed by atoms with van der Waals surface area (Å²) in [4.78, 5) is 23.9. The summed E-state index contributed by atoms with van der Waals surface area (Å²) in [6.45, 7) is 0.430. The van der Waals surface area contributed by atoms with E-state index in [1.165, 1.54) is 12.0 Å². The molecule has 6 heteroatoms. The number of rotatable bonds is 6. The Morgan fingerprint density at radius 1 is 1.47 bits per heavy atom. The van der Waals surface area contributed by atoms with Crippen molar-refractivity contribution in [3.63, 3.8) is 0 Å². The first-order valence-electron chi connectivity index (χ1n) is 4.73. The van der Waals surface area contributed by atoms with Crippen LogP contribution >= 0.6 is 0 Å². The fourth-order valence-corrected chi connectivity index (χ4v) is 0.940. The number of methoxy groups -OCH3 is 1. The van der Waals surface area contributed by atoms with Crippen LogP contribution in [0.1, 0.15) is 6.42 Å². The third-order valence-corrected chi connectivity index (χ3v) is 1.93. The summed E-state index contributed by atoms with van der Waals surface area (Å²) >= 11 is 0. The van der Waals surface area contributed by atoms with Crippen molar-refractivity contribution < 1.29 is 14.3 Å². The lowest BCUT2D eigenvalue weighted by molar-refractivity contribution is -0.131. The molecule has 1 unspecified atom stereocenters. The van der Waals surface area contributed by atoms with Crippen molar-refractivity contribution in [1.82, 2.24) is 10.2 Å². The fourth-order valence-electron chi connectivity index (χ4n) is 0.940. The van der Waals surface area contributed by atoms with Crippen molar-refractivity contribution in [2.75, 3.05) is 34.3 Å². The van der Waals surface area contributed by atoms with Gasteiger partial charge in [0.1, 0.15) is 6.10 Å². The second-order valence-corrected chi connectivity index (χ2v) is 3.29. The highest BCUT2D eigenvalue weighted by atomic mass is 16.5. The molecule has 0 spiro atoms.